The predicted molar refractivity (Wildman–Crippen MR) is 203 cm³/mol. The second kappa shape index (κ2) is 17.7. The number of nitrogens with zero attached hydrogens (tertiary/aromatic N) is 1. The standard InChI is InChI=1S/C44H39NO6/c1-5-43(46)50-32(3)48-40-23-14-17-35(30-40)42(36-18-15-24-41(31-36)49-33(4)51-44(47)6-2)25-13-16-34-26-28-39(29-27-34)45(37-19-9-7-10-20-37)38-21-11-8-12-22-38/h5-33H,1-2H2,3-4H3. The zero-order valence-corrected chi connectivity index (χ0v) is 28.6. The Hall–Kier alpha value is -6.60. The summed E-state index contributed by atoms with van der Waals surface area (Å²) in [5.41, 5.74) is 6.75. The number of hydrogen-bond donors (Lipinski definition) is 0. The van der Waals surface area contributed by atoms with Crippen LogP contribution in [0.5, 0.6) is 11.5 Å². The molecule has 0 fully saturated rings. The summed E-state index contributed by atoms with van der Waals surface area (Å²) in [6.45, 7) is 10.1. The average Bonchev–Trinajstić information content (AvgIpc) is 3.15. The third kappa shape index (κ3) is 10.2. The van der Waals surface area contributed by atoms with Crippen molar-refractivity contribution in [3.05, 3.63) is 188 Å². The Morgan fingerprint density at radius 3 is 1.49 bits per heavy atom. The van der Waals surface area contributed by atoms with Gasteiger partial charge in [-0.1, -0.05) is 104 Å². The van der Waals surface area contributed by atoms with E-state index in [-0.39, 0.29) is 0 Å². The lowest BCUT2D eigenvalue weighted by Gasteiger charge is -2.25. The van der Waals surface area contributed by atoms with Crippen molar-refractivity contribution in [1.29, 1.82) is 0 Å². The van der Waals surface area contributed by atoms with Gasteiger partial charge >= 0.3 is 11.9 Å². The highest BCUT2D eigenvalue weighted by molar-refractivity contribution is 5.83. The monoisotopic (exact) mass is 677 g/mol. The molecule has 0 radical (unpaired) electrons. The molecule has 51 heavy (non-hydrogen) atoms. The van der Waals surface area contributed by atoms with Crippen LogP contribution < -0.4 is 14.4 Å². The molecule has 0 N–H and O–H groups in total. The van der Waals surface area contributed by atoms with Gasteiger partial charge in [0.1, 0.15) is 11.5 Å². The number of carbonyl (C=O) groups is 2. The number of allylic oxidation sites excluding steroid dienone is 2. The van der Waals surface area contributed by atoms with Crippen LogP contribution >= 0.6 is 0 Å². The van der Waals surface area contributed by atoms with Gasteiger partial charge in [0, 0.05) is 43.1 Å². The van der Waals surface area contributed by atoms with E-state index >= 15 is 0 Å². The molecule has 0 aliphatic carbocycles. The molecule has 2 atom stereocenters. The molecule has 5 rings (SSSR count). The minimum Gasteiger partial charge on any atom is -0.455 e. The van der Waals surface area contributed by atoms with Gasteiger partial charge in [-0.25, -0.2) is 9.59 Å². The molecule has 0 spiro atoms. The number of para-hydroxylation sites is 2. The summed E-state index contributed by atoms with van der Waals surface area (Å²) in [5.74, 6) is -0.118. The average molecular weight is 678 g/mol. The zero-order chi connectivity index (χ0) is 36.0. The van der Waals surface area contributed by atoms with E-state index < -0.39 is 24.5 Å². The third-order valence-corrected chi connectivity index (χ3v) is 7.52. The van der Waals surface area contributed by atoms with E-state index in [1.165, 1.54) is 0 Å². The number of hydrogen-bond acceptors (Lipinski definition) is 7. The van der Waals surface area contributed by atoms with Crippen molar-refractivity contribution in [1.82, 2.24) is 0 Å². The summed E-state index contributed by atoms with van der Waals surface area (Å²) >= 11 is 0. The van der Waals surface area contributed by atoms with Gasteiger partial charge in [-0.15, -0.1) is 0 Å². The van der Waals surface area contributed by atoms with Crippen LogP contribution in [-0.4, -0.2) is 24.5 Å². The van der Waals surface area contributed by atoms with Gasteiger partial charge in [-0.2, -0.15) is 0 Å². The third-order valence-electron chi connectivity index (χ3n) is 7.52. The van der Waals surface area contributed by atoms with Crippen molar-refractivity contribution >= 4 is 40.6 Å². The van der Waals surface area contributed by atoms with Gasteiger partial charge in [0.15, 0.2) is 0 Å². The Morgan fingerprint density at radius 2 is 1.04 bits per heavy atom. The summed E-state index contributed by atoms with van der Waals surface area (Å²) in [6, 6.07) is 43.9. The van der Waals surface area contributed by atoms with Crippen molar-refractivity contribution in [2.75, 3.05) is 4.90 Å². The molecule has 0 aromatic heterocycles. The highest BCUT2D eigenvalue weighted by atomic mass is 16.7. The smallest absolute Gasteiger partial charge is 0.333 e. The number of anilines is 3. The molecule has 2 unspecified atom stereocenters. The first-order valence-corrected chi connectivity index (χ1v) is 16.4. The van der Waals surface area contributed by atoms with Gasteiger partial charge in [-0.05, 0) is 82.9 Å². The van der Waals surface area contributed by atoms with Crippen LogP contribution in [0.4, 0.5) is 17.1 Å². The summed E-state index contributed by atoms with van der Waals surface area (Å²) < 4.78 is 22.2. The normalized spacial score (nSPS) is 11.8. The number of ether oxygens (including phenoxy) is 4. The van der Waals surface area contributed by atoms with Crippen LogP contribution in [0.1, 0.15) is 30.5 Å². The maximum Gasteiger partial charge on any atom is 0.333 e. The van der Waals surface area contributed by atoms with E-state index in [1.54, 1.807) is 26.0 Å². The van der Waals surface area contributed by atoms with Crippen LogP contribution in [0.3, 0.4) is 0 Å². The molecule has 0 amide bonds. The van der Waals surface area contributed by atoms with Crippen LogP contribution in [0.15, 0.2) is 171 Å². The minimum absolute atomic E-state index is 0.515. The van der Waals surface area contributed by atoms with Gasteiger partial charge in [0.2, 0.25) is 12.6 Å². The van der Waals surface area contributed by atoms with Crippen molar-refractivity contribution in [3.8, 4) is 11.5 Å². The second-order valence-electron chi connectivity index (χ2n) is 11.2. The summed E-state index contributed by atoms with van der Waals surface area (Å²) in [4.78, 5) is 25.6. The molecule has 0 saturated heterocycles. The van der Waals surface area contributed by atoms with Crippen LogP contribution in [-0.2, 0) is 19.1 Å². The number of rotatable bonds is 15. The molecule has 0 aliphatic rings. The maximum atomic E-state index is 11.7. The van der Waals surface area contributed by atoms with Crippen molar-refractivity contribution in [2.24, 2.45) is 0 Å². The predicted octanol–water partition coefficient (Wildman–Crippen LogP) is 10.2. The quantitative estimate of drug-likeness (QED) is 0.0473. The molecule has 0 bridgehead atoms. The molecule has 5 aromatic rings. The molecule has 5 aromatic carbocycles. The molecular formula is C44H39NO6. The fourth-order valence-corrected chi connectivity index (χ4v) is 5.28. The van der Waals surface area contributed by atoms with E-state index in [0.717, 1.165) is 51.5 Å². The molecular weight excluding hydrogens is 638 g/mol. The first-order valence-electron chi connectivity index (χ1n) is 16.4. The SMILES string of the molecule is C=CC(=O)OC(C)Oc1cccc(C(=CC=Cc2ccc(N(c3ccccc3)c3ccccc3)cc2)c2cccc(OC(C)OC(=O)C=C)c2)c1. The summed E-state index contributed by atoms with van der Waals surface area (Å²) in [6.07, 6.45) is 6.57. The lowest BCUT2D eigenvalue weighted by molar-refractivity contribution is -0.156. The van der Waals surface area contributed by atoms with Crippen LogP contribution in [0.25, 0.3) is 11.6 Å². The van der Waals surface area contributed by atoms with Crippen molar-refractivity contribution in [3.63, 3.8) is 0 Å². The largest absolute Gasteiger partial charge is 0.455 e. The van der Waals surface area contributed by atoms with Crippen molar-refractivity contribution < 1.29 is 28.5 Å². The highest BCUT2D eigenvalue weighted by Crippen LogP contribution is 2.34. The molecule has 256 valence electrons. The number of esters is 2. The molecule has 0 aliphatic heterocycles. The molecule has 7 heteroatoms. The lowest BCUT2D eigenvalue weighted by atomic mass is 9.96. The Bertz CT molecular complexity index is 1890. The van der Waals surface area contributed by atoms with E-state index in [2.05, 4.69) is 66.6 Å². The fraction of sp³-hybridized carbons (Fsp3) is 0.0909. The number of benzene rings is 5. The second-order valence-corrected chi connectivity index (χ2v) is 11.2. The lowest BCUT2D eigenvalue weighted by Crippen LogP contribution is -2.19. The summed E-state index contributed by atoms with van der Waals surface area (Å²) in [7, 11) is 0. The van der Waals surface area contributed by atoms with Crippen LogP contribution in [0.2, 0.25) is 0 Å². The Kier molecular flexibility index (Phi) is 12.4. The van der Waals surface area contributed by atoms with E-state index in [4.69, 9.17) is 18.9 Å². The van der Waals surface area contributed by atoms with Gasteiger partial charge in [0.25, 0.3) is 0 Å². The van der Waals surface area contributed by atoms with Gasteiger partial charge in [-0.3, -0.25) is 0 Å². The maximum absolute atomic E-state index is 11.7. The van der Waals surface area contributed by atoms with Gasteiger partial charge < -0.3 is 23.8 Å². The van der Waals surface area contributed by atoms with E-state index in [9.17, 15) is 9.59 Å². The molecule has 0 saturated carbocycles. The Morgan fingerprint density at radius 1 is 0.588 bits per heavy atom. The van der Waals surface area contributed by atoms with Crippen molar-refractivity contribution in [2.45, 2.75) is 26.4 Å². The topological polar surface area (TPSA) is 74.3 Å². The van der Waals surface area contributed by atoms with E-state index in [0.29, 0.717) is 11.5 Å². The zero-order valence-electron chi connectivity index (χ0n) is 28.6. The highest BCUT2D eigenvalue weighted by Gasteiger charge is 2.14. The first-order chi connectivity index (χ1) is 24.8. The minimum atomic E-state index is -0.822. The summed E-state index contributed by atoms with van der Waals surface area (Å²) in [5, 5.41) is 0. The molecule has 7 nitrogen and oxygen atoms in total. The molecule has 0 heterocycles. The number of carbonyl (C=O) groups excluding carboxylic acids is 2. The van der Waals surface area contributed by atoms with Gasteiger partial charge in [0.05, 0.1) is 0 Å². The Labute approximate surface area is 299 Å². The Balaban J connectivity index is 1.45. The first kappa shape index (κ1) is 35.7. The van der Waals surface area contributed by atoms with Crippen LogP contribution in [0, 0.1) is 0 Å². The van der Waals surface area contributed by atoms with E-state index in [1.807, 2.05) is 91.0 Å². The fourth-order valence-electron chi connectivity index (χ4n) is 5.28.